The predicted molar refractivity (Wildman–Crippen MR) is 110 cm³/mol. The van der Waals surface area contributed by atoms with Crippen LogP contribution in [0.1, 0.15) is 12.6 Å². The van der Waals surface area contributed by atoms with Gasteiger partial charge in [-0.3, -0.25) is 19.4 Å². The molecule has 2 heterocycles. The SMILES string of the molecule is CCOC(=O)Cn1nc(Oc2c(Cl)cc(-n3nc(C#N)c(=O)[nH]c3=O)cc2Cl)ccc1=O. The molecule has 0 amide bonds. The lowest BCUT2D eigenvalue weighted by atomic mass is 10.3. The summed E-state index contributed by atoms with van der Waals surface area (Å²) in [6, 6.07) is 6.45. The monoisotopic (exact) mass is 478 g/mol. The van der Waals surface area contributed by atoms with Crippen LogP contribution in [-0.4, -0.2) is 37.1 Å². The maximum absolute atomic E-state index is 12.0. The summed E-state index contributed by atoms with van der Waals surface area (Å²) in [5.74, 6) is -0.823. The summed E-state index contributed by atoms with van der Waals surface area (Å²) >= 11 is 12.5. The fraction of sp³-hybridized carbons (Fsp3) is 0.167. The quantitative estimate of drug-likeness (QED) is 0.509. The van der Waals surface area contributed by atoms with Crippen molar-refractivity contribution in [3.63, 3.8) is 0 Å². The van der Waals surface area contributed by atoms with Crippen molar-refractivity contribution in [2.45, 2.75) is 13.5 Å². The number of ether oxygens (including phenoxy) is 2. The zero-order chi connectivity index (χ0) is 23.4. The van der Waals surface area contributed by atoms with E-state index in [1.54, 1.807) is 13.0 Å². The van der Waals surface area contributed by atoms with E-state index < -0.39 is 35.0 Å². The molecule has 0 saturated carbocycles. The Balaban J connectivity index is 1.96. The first-order chi connectivity index (χ1) is 15.2. The predicted octanol–water partition coefficient (Wildman–Crippen LogP) is 1.01. The van der Waals surface area contributed by atoms with Crippen LogP contribution < -0.4 is 21.5 Å². The van der Waals surface area contributed by atoms with E-state index in [-0.39, 0.29) is 34.0 Å². The van der Waals surface area contributed by atoms with Gasteiger partial charge >= 0.3 is 11.7 Å². The maximum atomic E-state index is 12.0. The molecule has 1 N–H and O–H groups in total. The van der Waals surface area contributed by atoms with Crippen LogP contribution in [0, 0.1) is 11.3 Å². The molecule has 0 atom stereocenters. The molecule has 0 saturated heterocycles. The van der Waals surface area contributed by atoms with Crippen molar-refractivity contribution < 1.29 is 14.3 Å². The van der Waals surface area contributed by atoms with E-state index in [2.05, 4.69) is 10.2 Å². The number of carbonyl (C=O) groups is 1. The highest BCUT2D eigenvalue weighted by Gasteiger charge is 2.16. The fourth-order valence-electron chi connectivity index (χ4n) is 2.45. The Morgan fingerprint density at radius 2 is 1.88 bits per heavy atom. The highest BCUT2D eigenvalue weighted by Crippen LogP contribution is 2.37. The highest BCUT2D eigenvalue weighted by atomic mass is 35.5. The molecule has 14 heteroatoms. The molecule has 0 radical (unpaired) electrons. The number of aromatic nitrogens is 5. The zero-order valence-corrected chi connectivity index (χ0v) is 17.7. The molecule has 1 aromatic carbocycles. The Hall–Kier alpha value is -3.95. The van der Waals surface area contributed by atoms with Gasteiger partial charge in [0, 0.05) is 12.1 Å². The fourth-order valence-corrected chi connectivity index (χ4v) is 3.00. The van der Waals surface area contributed by atoms with Gasteiger partial charge in [-0.25, -0.2) is 9.48 Å². The van der Waals surface area contributed by atoms with E-state index in [1.807, 2.05) is 4.98 Å². The third kappa shape index (κ3) is 4.85. The average Bonchev–Trinajstić information content (AvgIpc) is 2.73. The van der Waals surface area contributed by atoms with E-state index in [0.717, 1.165) is 15.4 Å². The topological polar surface area (TPSA) is 162 Å². The summed E-state index contributed by atoms with van der Waals surface area (Å²) < 4.78 is 11.9. The zero-order valence-electron chi connectivity index (χ0n) is 16.2. The van der Waals surface area contributed by atoms with Crippen molar-refractivity contribution in [1.82, 2.24) is 24.5 Å². The molecular formula is C18H12Cl2N6O6. The molecule has 32 heavy (non-hydrogen) atoms. The van der Waals surface area contributed by atoms with Crippen LogP contribution in [0.2, 0.25) is 10.0 Å². The third-order valence-electron chi connectivity index (χ3n) is 3.79. The van der Waals surface area contributed by atoms with Crippen molar-refractivity contribution >= 4 is 29.2 Å². The molecule has 0 aliphatic carbocycles. The molecule has 164 valence electrons. The summed E-state index contributed by atoms with van der Waals surface area (Å²) in [6.45, 7) is 1.34. The minimum absolute atomic E-state index is 0.0466. The van der Waals surface area contributed by atoms with Crippen LogP contribution in [0.4, 0.5) is 0 Å². The van der Waals surface area contributed by atoms with E-state index in [0.29, 0.717) is 0 Å². The summed E-state index contributed by atoms with van der Waals surface area (Å²) in [5.41, 5.74) is -2.90. The first-order valence-corrected chi connectivity index (χ1v) is 9.54. The lowest BCUT2D eigenvalue weighted by molar-refractivity contribution is -0.144. The molecule has 0 unspecified atom stereocenters. The van der Waals surface area contributed by atoms with Gasteiger partial charge in [0.2, 0.25) is 11.6 Å². The number of aromatic amines is 1. The Morgan fingerprint density at radius 3 is 2.50 bits per heavy atom. The number of rotatable bonds is 6. The maximum Gasteiger partial charge on any atom is 0.349 e. The van der Waals surface area contributed by atoms with Gasteiger partial charge in [-0.1, -0.05) is 23.2 Å². The average molecular weight is 479 g/mol. The number of nitrogens with one attached hydrogen (secondary N) is 1. The van der Waals surface area contributed by atoms with Gasteiger partial charge in [0.15, 0.2) is 5.75 Å². The van der Waals surface area contributed by atoms with Crippen LogP contribution in [-0.2, 0) is 16.1 Å². The Morgan fingerprint density at radius 1 is 1.19 bits per heavy atom. The molecule has 2 aromatic heterocycles. The molecule has 3 aromatic rings. The summed E-state index contributed by atoms with van der Waals surface area (Å²) in [6.07, 6.45) is 0. The number of esters is 1. The Bertz CT molecular complexity index is 1400. The third-order valence-corrected chi connectivity index (χ3v) is 4.36. The number of nitriles is 1. The normalized spacial score (nSPS) is 10.4. The summed E-state index contributed by atoms with van der Waals surface area (Å²) in [4.78, 5) is 49.1. The first-order valence-electron chi connectivity index (χ1n) is 8.78. The van der Waals surface area contributed by atoms with Crippen LogP contribution in [0.3, 0.4) is 0 Å². The van der Waals surface area contributed by atoms with Crippen molar-refractivity contribution in [1.29, 1.82) is 5.26 Å². The second-order valence-corrected chi connectivity index (χ2v) is 6.76. The number of H-pyrrole nitrogens is 1. The smallest absolute Gasteiger partial charge is 0.349 e. The van der Waals surface area contributed by atoms with Gasteiger partial charge in [-0.15, -0.1) is 10.2 Å². The minimum Gasteiger partial charge on any atom is -0.465 e. The van der Waals surface area contributed by atoms with Gasteiger partial charge in [0.05, 0.1) is 22.3 Å². The van der Waals surface area contributed by atoms with Crippen molar-refractivity contribution in [3.8, 4) is 23.4 Å². The Kier molecular flexibility index (Phi) is 6.72. The van der Waals surface area contributed by atoms with Crippen molar-refractivity contribution in [2.75, 3.05) is 6.61 Å². The van der Waals surface area contributed by atoms with E-state index in [9.17, 15) is 19.2 Å². The molecular weight excluding hydrogens is 467 g/mol. The molecule has 0 fully saturated rings. The number of hydrogen-bond acceptors (Lipinski definition) is 9. The van der Waals surface area contributed by atoms with E-state index >= 15 is 0 Å². The van der Waals surface area contributed by atoms with Crippen LogP contribution in [0.15, 0.2) is 38.6 Å². The van der Waals surface area contributed by atoms with Gasteiger partial charge in [-0.2, -0.15) is 9.94 Å². The molecule has 0 bridgehead atoms. The minimum atomic E-state index is -0.935. The standard InChI is InChI=1S/C18H12Cl2N6O6/c1-2-31-15(28)8-25-14(27)4-3-13(24-25)32-16-10(19)5-9(6-11(16)20)26-18(30)22-17(29)12(7-21)23-26/h3-6H,2,8H2,1H3,(H,22,29,30). The number of halogens is 2. The number of nitrogens with zero attached hydrogens (tertiary/aromatic N) is 5. The van der Waals surface area contributed by atoms with Crippen LogP contribution >= 0.6 is 23.2 Å². The van der Waals surface area contributed by atoms with Crippen molar-refractivity contribution in [3.05, 3.63) is 71.2 Å². The molecule has 3 rings (SSSR count). The van der Waals surface area contributed by atoms with Crippen LogP contribution in [0.5, 0.6) is 11.6 Å². The number of carbonyl (C=O) groups excluding carboxylic acids is 1. The lowest BCUT2D eigenvalue weighted by Gasteiger charge is -2.12. The largest absolute Gasteiger partial charge is 0.465 e. The van der Waals surface area contributed by atoms with Crippen LogP contribution in [0.25, 0.3) is 5.69 Å². The summed E-state index contributed by atoms with van der Waals surface area (Å²) in [5, 5.41) is 16.4. The van der Waals surface area contributed by atoms with Gasteiger partial charge in [0.1, 0.15) is 12.6 Å². The molecule has 12 nitrogen and oxygen atoms in total. The first kappa shape index (κ1) is 22.7. The second kappa shape index (κ2) is 9.46. The molecule has 0 aliphatic heterocycles. The number of hydrogen-bond donors (Lipinski definition) is 1. The van der Waals surface area contributed by atoms with Gasteiger partial charge in [0.25, 0.3) is 11.1 Å². The van der Waals surface area contributed by atoms with E-state index in [4.69, 9.17) is 37.9 Å². The molecule has 0 aliphatic rings. The van der Waals surface area contributed by atoms with Gasteiger partial charge in [-0.05, 0) is 19.1 Å². The van der Waals surface area contributed by atoms with Crippen molar-refractivity contribution in [2.24, 2.45) is 0 Å². The summed E-state index contributed by atoms with van der Waals surface area (Å²) in [7, 11) is 0. The Labute approximate surface area is 188 Å². The number of benzene rings is 1. The lowest BCUT2D eigenvalue weighted by Crippen LogP contribution is -2.33. The second-order valence-electron chi connectivity index (χ2n) is 5.94. The van der Waals surface area contributed by atoms with Gasteiger partial charge < -0.3 is 9.47 Å². The van der Waals surface area contributed by atoms with E-state index in [1.165, 1.54) is 18.2 Å². The highest BCUT2D eigenvalue weighted by molar-refractivity contribution is 6.37. The molecule has 0 spiro atoms.